The zero-order valence-electron chi connectivity index (χ0n) is 10.7. The standard InChI is InChI=1S/C13H16IN3O/c1-9(2)17-12(4-5-15-17)11-8-16(3)13(18)6-10(11)7-14/h4-6,8-9H,7H2,1-3H3. The summed E-state index contributed by atoms with van der Waals surface area (Å²) in [5, 5.41) is 4.35. The molecule has 18 heavy (non-hydrogen) atoms. The van der Waals surface area contributed by atoms with Crippen molar-refractivity contribution in [2.45, 2.75) is 24.3 Å². The van der Waals surface area contributed by atoms with Gasteiger partial charge in [0.2, 0.25) is 0 Å². The molecule has 0 amide bonds. The fourth-order valence-electron chi connectivity index (χ4n) is 1.95. The van der Waals surface area contributed by atoms with Gasteiger partial charge in [-0.3, -0.25) is 9.48 Å². The second-order valence-corrected chi connectivity index (χ2v) is 5.31. The van der Waals surface area contributed by atoms with Gasteiger partial charge in [0.1, 0.15) is 0 Å². The molecule has 0 N–H and O–H groups in total. The highest BCUT2D eigenvalue weighted by molar-refractivity contribution is 14.1. The minimum Gasteiger partial charge on any atom is -0.318 e. The molecule has 4 nitrogen and oxygen atoms in total. The second kappa shape index (κ2) is 5.26. The van der Waals surface area contributed by atoms with Gasteiger partial charge in [0.05, 0.1) is 5.69 Å². The summed E-state index contributed by atoms with van der Waals surface area (Å²) in [6.45, 7) is 4.20. The third kappa shape index (κ3) is 2.36. The molecule has 0 unspecified atom stereocenters. The lowest BCUT2D eigenvalue weighted by Crippen LogP contribution is -2.17. The zero-order valence-corrected chi connectivity index (χ0v) is 12.9. The smallest absolute Gasteiger partial charge is 0.250 e. The first-order valence-corrected chi connectivity index (χ1v) is 7.36. The van der Waals surface area contributed by atoms with Crippen molar-refractivity contribution in [3.63, 3.8) is 0 Å². The molecule has 0 radical (unpaired) electrons. The summed E-state index contributed by atoms with van der Waals surface area (Å²) in [6, 6.07) is 4.00. The number of aromatic nitrogens is 3. The number of aryl methyl sites for hydroxylation is 1. The van der Waals surface area contributed by atoms with E-state index in [9.17, 15) is 4.79 Å². The molecule has 2 aromatic heterocycles. The van der Waals surface area contributed by atoms with Gasteiger partial charge in [-0.1, -0.05) is 22.6 Å². The van der Waals surface area contributed by atoms with Crippen molar-refractivity contribution in [1.29, 1.82) is 0 Å². The first kappa shape index (κ1) is 13.3. The SMILES string of the molecule is CC(C)n1nccc1-c1cn(C)c(=O)cc1CI. The third-order valence-corrected chi connectivity index (χ3v) is 3.72. The number of pyridine rings is 1. The van der Waals surface area contributed by atoms with Crippen LogP contribution in [-0.2, 0) is 11.5 Å². The van der Waals surface area contributed by atoms with E-state index in [1.165, 1.54) is 0 Å². The number of alkyl halides is 1. The van der Waals surface area contributed by atoms with E-state index >= 15 is 0 Å². The zero-order chi connectivity index (χ0) is 13.3. The molecule has 0 aliphatic heterocycles. The van der Waals surface area contributed by atoms with Crippen LogP contribution in [0.4, 0.5) is 0 Å². The van der Waals surface area contributed by atoms with E-state index in [2.05, 4.69) is 41.5 Å². The fourth-order valence-corrected chi connectivity index (χ4v) is 2.58. The van der Waals surface area contributed by atoms with Gasteiger partial charge in [-0.25, -0.2) is 0 Å². The van der Waals surface area contributed by atoms with Gasteiger partial charge in [-0.2, -0.15) is 5.10 Å². The molecule has 0 atom stereocenters. The summed E-state index contributed by atoms with van der Waals surface area (Å²) >= 11 is 2.28. The molecule has 96 valence electrons. The molecule has 0 aromatic carbocycles. The number of nitrogens with zero attached hydrogens (tertiary/aromatic N) is 3. The maximum absolute atomic E-state index is 11.7. The lowest BCUT2D eigenvalue weighted by Gasteiger charge is -2.14. The molecule has 2 rings (SSSR count). The molecule has 0 saturated heterocycles. The van der Waals surface area contributed by atoms with Crippen LogP contribution >= 0.6 is 22.6 Å². The van der Waals surface area contributed by atoms with Gasteiger partial charge >= 0.3 is 0 Å². The first-order chi connectivity index (χ1) is 8.54. The molecule has 2 aromatic rings. The maximum atomic E-state index is 11.7. The van der Waals surface area contributed by atoms with Crippen LogP contribution in [0.15, 0.2) is 29.3 Å². The van der Waals surface area contributed by atoms with Gasteiger partial charge in [0.25, 0.3) is 5.56 Å². The van der Waals surface area contributed by atoms with E-state index in [0.717, 1.165) is 21.2 Å². The fraction of sp³-hybridized carbons (Fsp3) is 0.385. The largest absolute Gasteiger partial charge is 0.318 e. The number of hydrogen-bond donors (Lipinski definition) is 0. The van der Waals surface area contributed by atoms with Gasteiger partial charge in [-0.15, -0.1) is 0 Å². The van der Waals surface area contributed by atoms with E-state index in [1.807, 2.05) is 16.9 Å². The van der Waals surface area contributed by atoms with E-state index < -0.39 is 0 Å². The molecule has 2 heterocycles. The lowest BCUT2D eigenvalue weighted by molar-refractivity contribution is 0.538. The Kier molecular flexibility index (Phi) is 3.89. The lowest BCUT2D eigenvalue weighted by atomic mass is 10.1. The summed E-state index contributed by atoms with van der Waals surface area (Å²) in [6.07, 6.45) is 3.70. The molecule has 0 fully saturated rings. The summed E-state index contributed by atoms with van der Waals surface area (Å²) < 4.78 is 4.41. The van der Waals surface area contributed by atoms with Crippen molar-refractivity contribution in [2.75, 3.05) is 0 Å². The minimum absolute atomic E-state index is 0.0287. The van der Waals surface area contributed by atoms with Crippen molar-refractivity contribution in [2.24, 2.45) is 7.05 Å². The van der Waals surface area contributed by atoms with Gasteiger partial charge in [-0.05, 0) is 25.5 Å². The van der Waals surface area contributed by atoms with Crippen molar-refractivity contribution in [3.8, 4) is 11.3 Å². The van der Waals surface area contributed by atoms with Crippen molar-refractivity contribution in [3.05, 3.63) is 40.4 Å². The van der Waals surface area contributed by atoms with Crippen LogP contribution in [0.5, 0.6) is 0 Å². The normalized spacial score (nSPS) is 11.2. The Bertz CT molecular complexity index is 613. The summed E-state index contributed by atoms with van der Waals surface area (Å²) in [5.74, 6) is 0. The molecule has 0 aliphatic rings. The van der Waals surface area contributed by atoms with Crippen LogP contribution < -0.4 is 5.56 Å². The van der Waals surface area contributed by atoms with Crippen LogP contribution in [0.2, 0.25) is 0 Å². The van der Waals surface area contributed by atoms with Crippen LogP contribution in [0.1, 0.15) is 25.5 Å². The van der Waals surface area contributed by atoms with E-state index in [0.29, 0.717) is 6.04 Å². The summed E-state index contributed by atoms with van der Waals surface area (Å²) in [4.78, 5) is 11.7. The Morgan fingerprint density at radius 3 is 2.78 bits per heavy atom. The summed E-state index contributed by atoms with van der Waals surface area (Å²) in [7, 11) is 1.78. The predicted molar refractivity (Wildman–Crippen MR) is 81.0 cm³/mol. The number of rotatable bonds is 3. The van der Waals surface area contributed by atoms with Crippen LogP contribution in [0, 0.1) is 0 Å². The van der Waals surface area contributed by atoms with Crippen LogP contribution in [0.25, 0.3) is 11.3 Å². The Morgan fingerprint density at radius 1 is 1.44 bits per heavy atom. The van der Waals surface area contributed by atoms with Crippen LogP contribution in [-0.4, -0.2) is 14.3 Å². The van der Waals surface area contributed by atoms with Gasteiger partial charge in [0, 0.05) is 41.5 Å². The average Bonchev–Trinajstić information content (AvgIpc) is 2.81. The highest BCUT2D eigenvalue weighted by atomic mass is 127. The van der Waals surface area contributed by atoms with E-state index in [1.54, 1.807) is 23.9 Å². The Balaban J connectivity index is 2.66. The average molecular weight is 357 g/mol. The molecule has 0 saturated carbocycles. The summed E-state index contributed by atoms with van der Waals surface area (Å²) in [5.41, 5.74) is 3.23. The monoisotopic (exact) mass is 357 g/mol. The molecule has 5 heteroatoms. The third-order valence-electron chi connectivity index (χ3n) is 2.89. The second-order valence-electron chi connectivity index (χ2n) is 4.55. The highest BCUT2D eigenvalue weighted by Gasteiger charge is 2.13. The van der Waals surface area contributed by atoms with E-state index in [4.69, 9.17) is 0 Å². The van der Waals surface area contributed by atoms with Gasteiger partial charge in [0.15, 0.2) is 0 Å². The van der Waals surface area contributed by atoms with Gasteiger partial charge < -0.3 is 4.57 Å². The quantitative estimate of drug-likeness (QED) is 0.626. The van der Waals surface area contributed by atoms with E-state index in [-0.39, 0.29) is 5.56 Å². The number of hydrogen-bond acceptors (Lipinski definition) is 2. The molecule has 0 aliphatic carbocycles. The van der Waals surface area contributed by atoms with Crippen molar-refractivity contribution < 1.29 is 0 Å². The Hall–Kier alpha value is -1.11. The van der Waals surface area contributed by atoms with Crippen molar-refractivity contribution in [1.82, 2.24) is 14.3 Å². The predicted octanol–water partition coefficient (Wildman–Crippen LogP) is 2.76. The molecular formula is C13H16IN3O. The first-order valence-electron chi connectivity index (χ1n) is 5.84. The Labute approximate surface area is 120 Å². The van der Waals surface area contributed by atoms with Crippen LogP contribution in [0.3, 0.4) is 0 Å². The maximum Gasteiger partial charge on any atom is 0.250 e. The molecule has 0 bridgehead atoms. The Morgan fingerprint density at radius 2 is 2.17 bits per heavy atom. The van der Waals surface area contributed by atoms with Crippen molar-refractivity contribution >= 4 is 22.6 Å². The molecule has 0 spiro atoms. The topological polar surface area (TPSA) is 39.8 Å². The highest BCUT2D eigenvalue weighted by Crippen LogP contribution is 2.26. The molecular weight excluding hydrogens is 341 g/mol. The minimum atomic E-state index is 0.0287. The number of halogens is 1.